The maximum atomic E-state index is 11.2. The molecule has 1 amide bonds. The Balaban J connectivity index is 2.10. The van der Waals surface area contributed by atoms with Crippen molar-refractivity contribution in [1.82, 2.24) is 5.32 Å². The fraction of sp³-hybridized carbons (Fsp3) is 0.250. The first-order chi connectivity index (χ1) is 6.86. The van der Waals surface area contributed by atoms with Crippen molar-refractivity contribution in [2.75, 3.05) is 6.54 Å². The molecule has 1 aromatic carbocycles. The van der Waals surface area contributed by atoms with Gasteiger partial charge in [-0.3, -0.25) is 4.79 Å². The molecule has 1 atom stereocenters. The molecule has 2 heteroatoms. The molecule has 0 aliphatic carbocycles. The van der Waals surface area contributed by atoms with Crippen LogP contribution in [0.5, 0.6) is 0 Å². The van der Waals surface area contributed by atoms with Gasteiger partial charge in [0.15, 0.2) is 0 Å². The summed E-state index contributed by atoms with van der Waals surface area (Å²) in [5.74, 6) is 5.94. The smallest absolute Gasteiger partial charge is 0.235 e. The van der Waals surface area contributed by atoms with Crippen molar-refractivity contribution >= 4 is 5.91 Å². The van der Waals surface area contributed by atoms with Crippen LogP contribution in [0.3, 0.4) is 0 Å². The maximum Gasteiger partial charge on any atom is 0.235 e. The fourth-order valence-corrected chi connectivity index (χ4v) is 1.42. The standard InChI is InChI=1S/C12H11NO/c14-12-11(8-9-13-12)7-6-10-4-2-1-3-5-10/h1-5,11H,8-9H2,(H,13,14). The summed E-state index contributed by atoms with van der Waals surface area (Å²) in [6.07, 6.45) is 0.832. The zero-order valence-corrected chi connectivity index (χ0v) is 7.79. The number of carbonyl (C=O) groups excluding carboxylic acids is 1. The van der Waals surface area contributed by atoms with Crippen molar-refractivity contribution < 1.29 is 4.79 Å². The summed E-state index contributed by atoms with van der Waals surface area (Å²) in [6, 6.07) is 9.73. The molecule has 1 N–H and O–H groups in total. The van der Waals surface area contributed by atoms with Gasteiger partial charge in [-0.1, -0.05) is 30.0 Å². The van der Waals surface area contributed by atoms with Gasteiger partial charge < -0.3 is 5.32 Å². The van der Waals surface area contributed by atoms with E-state index in [-0.39, 0.29) is 11.8 Å². The maximum absolute atomic E-state index is 11.2. The summed E-state index contributed by atoms with van der Waals surface area (Å²) in [4.78, 5) is 11.2. The van der Waals surface area contributed by atoms with Crippen LogP contribution in [-0.2, 0) is 4.79 Å². The van der Waals surface area contributed by atoms with Crippen LogP contribution in [0.2, 0.25) is 0 Å². The Bertz CT molecular complexity index is 386. The Morgan fingerprint density at radius 1 is 1.29 bits per heavy atom. The highest BCUT2D eigenvalue weighted by atomic mass is 16.2. The molecule has 0 radical (unpaired) electrons. The van der Waals surface area contributed by atoms with Gasteiger partial charge in [-0.2, -0.15) is 0 Å². The minimum absolute atomic E-state index is 0.0634. The number of carbonyl (C=O) groups is 1. The molecule has 14 heavy (non-hydrogen) atoms. The average molecular weight is 185 g/mol. The Labute approximate surface area is 83.3 Å². The average Bonchev–Trinajstić information content (AvgIpc) is 2.63. The molecular weight excluding hydrogens is 174 g/mol. The lowest BCUT2D eigenvalue weighted by Crippen LogP contribution is -2.17. The van der Waals surface area contributed by atoms with Crippen LogP contribution in [0.1, 0.15) is 12.0 Å². The molecule has 1 fully saturated rings. The third-order valence-corrected chi connectivity index (χ3v) is 2.21. The first-order valence-electron chi connectivity index (χ1n) is 4.70. The SMILES string of the molecule is O=C1NCCC1C#Cc1ccccc1. The van der Waals surface area contributed by atoms with E-state index in [1.54, 1.807) is 0 Å². The zero-order valence-electron chi connectivity index (χ0n) is 7.79. The first kappa shape index (κ1) is 8.83. The monoisotopic (exact) mass is 185 g/mol. The van der Waals surface area contributed by atoms with E-state index in [4.69, 9.17) is 0 Å². The molecule has 1 aliphatic rings. The highest BCUT2D eigenvalue weighted by Crippen LogP contribution is 2.07. The van der Waals surface area contributed by atoms with Gasteiger partial charge in [0.1, 0.15) is 5.92 Å². The predicted molar refractivity (Wildman–Crippen MR) is 54.4 cm³/mol. The number of nitrogens with one attached hydrogen (secondary N) is 1. The number of hydrogen-bond acceptors (Lipinski definition) is 1. The van der Waals surface area contributed by atoms with Crippen molar-refractivity contribution in [2.45, 2.75) is 6.42 Å². The van der Waals surface area contributed by atoms with Crippen LogP contribution < -0.4 is 5.32 Å². The Hall–Kier alpha value is -1.75. The van der Waals surface area contributed by atoms with Crippen LogP contribution >= 0.6 is 0 Å². The molecular formula is C12H11NO. The minimum Gasteiger partial charge on any atom is -0.355 e. The van der Waals surface area contributed by atoms with Gasteiger partial charge in [0.25, 0.3) is 0 Å². The number of benzene rings is 1. The van der Waals surface area contributed by atoms with E-state index >= 15 is 0 Å². The topological polar surface area (TPSA) is 29.1 Å². The summed E-state index contributed by atoms with van der Waals surface area (Å²) < 4.78 is 0. The summed E-state index contributed by atoms with van der Waals surface area (Å²) in [6.45, 7) is 0.757. The van der Waals surface area contributed by atoms with E-state index in [1.165, 1.54) is 0 Å². The number of amides is 1. The van der Waals surface area contributed by atoms with Crippen LogP contribution in [0.25, 0.3) is 0 Å². The van der Waals surface area contributed by atoms with E-state index in [0.717, 1.165) is 18.5 Å². The van der Waals surface area contributed by atoms with E-state index in [0.29, 0.717) is 0 Å². The summed E-state index contributed by atoms with van der Waals surface area (Å²) >= 11 is 0. The van der Waals surface area contributed by atoms with E-state index in [1.807, 2.05) is 30.3 Å². The highest BCUT2D eigenvalue weighted by molar-refractivity contribution is 5.83. The first-order valence-corrected chi connectivity index (χ1v) is 4.70. The van der Waals surface area contributed by atoms with Crippen molar-refractivity contribution in [3.05, 3.63) is 35.9 Å². The minimum atomic E-state index is -0.116. The van der Waals surface area contributed by atoms with E-state index in [9.17, 15) is 4.79 Å². The molecule has 1 heterocycles. The lowest BCUT2D eigenvalue weighted by atomic mass is 10.1. The molecule has 2 nitrogen and oxygen atoms in total. The van der Waals surface area contributed by atoms with Gasteiger partial charge in [-0.25, -0.2) is 0 Å². The molecule has 70 valence electrons. The third kappa shape index (κ3) is 1.94. The summed E-state index contributed by atoms with van der Waals surface area (Å²) in [5.41, 5.74) is 0.965. The molecule has 1 aliphatic heterocycles. The molecule has 0 spiro atoms. The van der Waals surface area contributed by atoms with E-state index < -0.39 is 0 Å². The second-order valence-corrected chi connectivity index (χ2v) is 3.27. The molecule has 0 saturated carbocycles. The summed E-state index contributed by atoms with van der Waals surface area (Å²) in [7, 11) is 0. The summed E-state index contributed by atoms with van der Waals surface area (Å²) in [5, 5.41) is 2.76. The lowest BCUT2D eigenvalue weighted by Gasteiger charge is -1.93. The molecule has 1 saturated heterocycles. The molecule has 0 bridgehead atoms. The van der Waals surface area contributed by atoms with Gasteiger partial charge >= 0.3 is 0 Å². The van der Waals surface area contributed by atoms with Crippen molar-refractivity contribution in [3.8, 4) is 11.8 Å². The van der Waals surface area contributed by atoms with Gasteiger partial charge in [0, 0.05) is 12.1 Å². The van der Waals surface area contributed by atoms with Gasteiger partial charge in [0.2, 0.25) is 5.91 Å². The highest BCUT2D eigenvalue weighted by Gasteiger charge is 2.21. The lowest BCUT2D eigenvalue weighted by molar-refractivity contribution is -0.120. The molecule has 1 unspecified atom stereocenters. The predicted octanol–water partition coefficient (Wildman–Crippen LogP) is 1.17. The van der Waals surface area contributed by atoms with Gasteiger partial charge in [-0.15, -0.1) is 0 Å². The van der Waals surface area contributed by atoms with E-state index in [2.05, 4.69) is 17.2 Å². The Morgan fingerprint density at radius 3 is 2.71 bits per heavy atom. The Kier molecular flexibility index (Phi) is 2.51. The van der Waals surface area contributed by atoms with Crippen LogP contribution in [-0.4, -0.2) is 12.5 Å². The second-order valence-electron chi connectivity index (χ2n) is 3.27. The molecule has 0 aromatic heterocycles. The normalized spacial score (nSPS) is 19.7. The van der Waals surface area contributed by atoms with Crippen LogP contribution in [0, 0.1) is 17.8 Å². The Morgan fingerprint density at radius 2 is 2.07 bits per heavy atom. The quantitative estimate of drug-likeness (QED) is 0.604. The third-order valence-electron chi connectivity index (χ3n) is 2.21. The van der Waals surface area contributed by atoms with Crippen LogP contribution in [0.15, 0.2) is 30.3 Å². The second kappa shape index (κ2) is 3.97. The zero-order chi connectivity index (χ0) is 9.80. The fourth-order valence-electron chi connectivity index (χ4n) is 1.42. The van der Waals surface area contributed by atoms with Gasteiger partial charge in [-0.05, 0) is 18.6 Å². The number of hydrogen-bond donors (Lipinski definition) is 1. The largest absolute Gasteiger partial charge is 0.355 e. The molecule has 2 rings (SSSR count). The van der Waals surface area contributed by atoms with Crippen molar-refractivity contribution in [2.24, 2.45) is 5.92 Å². The molecule has 1 aromatic rings. The van der Waals surface area contributed by atoms with Crippen molar-refractivity contribution in [3.63, 3.8) is 0 Å². The van der Waals surface area contributed by atoms with Crippen LogP contribution in [0.4, 0.5) is 0 Å². The van der Waals surface area contributed by atoms with Gasteiger partial charge in [0.05, 0.1) is 0 Å². The number of rotatable bonds is 0. The van der Waals surface area contributed by atoms with Crippen molar-refractivity contribution in [1.29, 1.82) is 0 Å².